The minimum atomic E-state index is -2.67. The number of aromatic amines is 1. The van der Waals surface area contributed by atoms with E-state index in [1.807, 2.05) is 0 Å². The summed E-state index contributed by atoms with van der Waals surface area (Å²) in [7, 11) is -2.67. The van der Waals surface area contributed by atoms with E-state index >= 15 is 0 Å². The zero-order valence-electron chi connectivity index (χ0n) is 22.5. The second kappa shape index (κ2) is 10.8. The van der Waals surface area contributed by atoms with E-state index in [1.165, 1.54) is 27.2 Å². The summed E-state index contributed by atoms with van der Waals surface area (Å²) >= 11 is 0. The van der Waals surface area contributed by atoms with Crippen LogP contribution in [0.4, 0.5) is 0 Å². The SMILES string of the molecule is CC(C)(C)[Si](OC[C@@H]1CCC[C@]2(CCC[C@@H](n3ccc(=O)[nH]c3=O)O2)O1)(c1ccccc1)c1ccccc1. The summed E-state index contributed by atoms with van der Waals surface area (Å²) in [5.41, 5.74) is -0.867. The van der Waals surface area contributed by atoms with Crippen LogP contribution in [0.15, 0.2) is 82.5 Å². The number of benzene rings is 2. The molecule has 0 radical (unpaired) electrons. The third-order valence-corrected chi connectivity index (χ3v) is 12.9. The highest BCUT2D eigenvalue weighted by Gasteiger charge is 2.51. The number of hydrogen-bond donors (Lipinski definition) is 1. The monoisotopic (exact) mass is 534 g/mol. The fourth-order valence-corrected chi connectivity index (χ4v) is 10.7. The number of ether oxygens (including phenoxy) is 2. The normalized spacial score (nSPS) is 24.4. The summed E-state index contributed by atoms with van der Waals surface area (Å²) in [6.45, 7) is 7.30. The highest BCUT2D eigenvalue weighted by molar-refractivity contribution is 6.99. The lowest BCUT2D eigenvalue weighted by Gasteiger charge is -2.47. The molecule has 3 aromatic rings. The van der Waals surface area contributed by atoms with Gasteiger partial charge in [0.2, 0.25) is 0 Å². The molecule has 0 amide bonds. The van der Waals surface area contributed by atoms with Crippen LogP contribution in [-0.4, -0.2) is 36.4 Å². The van der Waals surface area contributed by atoms with Crippen LogP contribution >= 0.6 is 0 Å². The summed E-state index contributed by atoms with van der Waals surface area (Å²) in [5.74, 6) is -0.754. The first-order valence-electron chi connectivity index (χ1n) is 13.6. The van der Waals surface area contributed by atoms with Gasteiger partial charge in [0, 0.05) is 25.1 Å². The summed E-state index contributed by atoms with van der Waals surface area (Å²) in [6.07, 6.45) is 5.90. The Hall–Kier alpha value is -2.78. The first-order chi connectivity index (χ1) is 18.2. The molecule has 8 heteroatoms. The molecule has 202 valence electrons. The van der Waals surface area contributed by atoms with Crippen LogP contribution in [-0.2, 0) is 13.9 Å². The molecule has 7 nitrogen and oxygen atoms in total. The molecular weight excluding hydrogens is 496 g/mol. The summed E-state index contributed by atoms with van der Waals surface area (Å²) in [5, 5.41) is 2.38. The summed E-state index contributed by atoms with van der Waals surface area (Å²) in [6, 6.07) is 22.6. The molecule has 0 unspecified atom stereocenters. The van der Waals surface area contributed by atoms with Crippen molar-refractivity contribution < 1.29 is 13.9 Å². The van der Waals surface area contributed by atoms with Gasteiger partial charge in [-0.15, -0.1) is 0 Å². The Morgan fingerprint density at radius 1 is 0.921 bits per heavy atom. The predicted molar refractivity (Wildman–Crippen MR) is 150 cm³/mol. The highest BCUT2D eigenvalue weighted by atomic mass is 28.4. The Kier molecular flexibility index (Phi) is 7.60. The van der Waals surface area contributed by atoms with Crippen LogP contribution in [0.25, 0.3) is 0 Å². The highest BCUT2D eigenvalue weighted by Crippen LogP contribution is 2.43. The van der Waals surface area contributed by atoms with Gasteiger partial charge in [-0.25, -0.2) is 4.79 Å². The quantitative estimate of drug-likeness (QED) is 0.482. The maximum atomic E-state index is 12.4. The van der Waals surface area contributed by atoms with Crippen LogP contribution in [0, 0.1) is 0 Å². The maximum absolute atomic E-state index is 12.4. The molecule has 2 aliphatic heterocycles. The molecule has 3 heterocycles. The third kappa shape index (κ3) is 5.23. The van der Waals surface area contributed by atoms with Gasteiger partial charge in [-0.3, -0.25) is 14.3 Å². The molecule has 2 aromatic carbocycles. The summed E-state index contributed by atoms with van der Waals surface area (Å²) in [4.78, 5) is 26.3. The lowest BCUT2D eigenvalue weighted by molar-refractivity contribution is -0.330. The topological polar surface area (TPSA) is 82.6 Å². The Labute approximate surface area is 224 Å². The molecule has 0 saturated carbocycles. The van der Waals surface area contributed by atoms with E-state index in [-0.39, 0.29) is 11.1 Å². The van der Waals surface area contributed by atoms with Gasteiger partial charge in [0.05, 0.1) is 12.7 Å². The van der Waals surface area contributed by atoms with Gasteiger partial charge in [-0.1, -0.05) is 81.4 Å². The zero-order chi connectivity index (χ0) is 26.8. The van der Waals surface area contributed by atoms with E-state index < -0.39 is 31.6 Å². The minimum absolute atomic E-state index is 0.111. The molecule has 2 fully saturated rings. The first-order valence-corrected chi connectivity index (χ1v) is 15.6. The molecule has 3 atom stereocenters. The van der Waals surface area contributed by atoms with Crippen LogP contribution < -0.4 is 21.6 Å². The number of nitrogens with zero attached hydrogens (tertiary/aromatic N) is 1. The number of aromatic nitrogens is 2. The van der Waals surface area contributed by atoms with E-state index in [9.17, 15) is 9.59 Å². The number of hydrogen-bond acceptors (Lipinski definition) is 5. The number of H-pyrrole nitrogens is 1. The Morgan fingerprint density at radius 3 is 2.11 bits per heavy atom. The molecular formula is C30H38N2O5Si. The molecule has 1 spiro atoms. The van der Waals surface area contributed by atoms with Gasteiger partial charge < -0.3 is 13.9 Å². The van der Waals surface area contributed by atoms with E-state index in [4.69, 9.17) is 13.9 Å². The second-order valence-electron chi connectivity index (χ2n) is 11.5. The van der Waals surface area contributed by atoms with Crippen molar-refractivity contribution in [2.45, 2.75) is 82.5 Å². The Bertz CT molecular complexity index is 1290. The molecule has 0 aliphatic carbocycles. The van der Waals surface area contributed by atoms with Crippen molar-refractivity contribution in [3.05, 3.63) is 93.8 Å². The molecule has 38 heavy (non-hydrogen) atoms. The Morgan fingerprint density at radius 2 is 1.53 bits per heavy atom. The minimum Gasteiger partial charge on any atom is -0.405 e. The lowest BCUT2D eigenvalue weighted by atomic mass is 9.94. The molecule has 2 aliphatic rings. The van der Waals surface area contributed by atoms with Gasteiger partial charge in [0.1, 0.15) is 6.23 Å². The lowest BCUT2D eigenvalue weighted by Crippen LogP contribution is -2.67. The van der Waals surface area contributed by atoms with Gasteiger partial charge in [0.15, 0.2) is 5.79 Å². The van der Waals surface area contributed by atoms with Crippen molar-refractivity contribution in [3.63, 3.8) is 0 Å². The van der Waals surface area contributed by atoms with Crippen LogP contribution in [0.5, 0.6) is 0 Å². The van der Waals surface area contributed by atoms with Crippen LogP contribution in [0.3, 0.4) is 0 Å². The standard InChI is InChI=1S/C30H38N2O5Si/c1-29(2,3)38(24-13-6-4-7-14-24,25-15-8-5-9-16-25)35-22-23-12-10-19-30(36-23)20-11-17-27(37-30)32-21-18-26(33)31-28(32)34/h4-9,13-16,18,21,23,27H,10-12,17,19-20,22H2,1-3H3,(H,31,33,34)/t23-,27-,30-/m0/s1. The van der Waals surface area contributed by atoms with Gasteiger partial charge in [0.25, 0.3) is 13.9 Å². The van der Waals surface area contributed by atoms with Gasteiger partial charge in [-0.2, -0.15) is 0 Å². The first kappa shape index (κ1) is 26.8. The Balaban J connectivity index is 1.39. The van der Waals surface area contributed by atoms with Crippen molar-refractivity contribution in [2.75, 3.05) is 6.61 Å². The molecule has 1 aromatic heterocycles. The van der Waals surface area contributed by atoms with Gasteiger partial charge >= 0.3 is 5.69 Å². The third-order valence-electron chi connectivity index (χ3n) is 7.89. The van der Waals surface area contributed by atoms with E-state index in [2.05, 4.69) is 86.4 Å². The molecule has 2 saturated heterocycles. The molecule has 5 rings (SSSR count). The summed E-state index contributed by atoms with van der Waals surface area (Å²) < 4.78 is 21.8. The molecule has 1 N–H and O–H groups in total. The average molecular weight is 535 g/mol. The van der Waals surface area contributed by atoms with Crippen LogP contribution in [0.1, 0.15) is 65.5 Å². The fourth-order valence-electron chi connectivity index (χ4n) is 6.15. The number of rotatable bonds is 6. The van der Waals surface area contributed by atoms with E-state index in [1.54, 1.807) is 0 Å². The van der Waals surface area contributed by atoms with Crippen molar-refractivity contribution in [3.8, 4) is 0 Å². The maximum Gasteiger partial charge on any atom is 0.330 e. The van der Waals surface area contributed by atoms with Crippen molar-refractivity contribution >= 4 is 18.7 Å². The predicted octanol–water partition coefficient (Wildman–Crippen LogP) is 4.08. The second-order valence-corrected chi connectivity index (χ2v) is 15.8. The largest absolute Gasteiger partial charge is 0.405 e. The van der Waals surface area contributed by atoms with E-state index in [0.29, 0.717) is 13.0 Å². The molecule has 0 bridgehead atoms. The smallest absolute Gasteiger partial charge is 0.330 e. The number of nitrogens with one attached hydrogen (secondary N) is 1. The van der Waals surface area contributed by atoms with Crippen molar-refractivity contribution in [1.82, 2.24) is 9.55 Å². The zero-order valence-corrected chi connectivity index (χ0v) is 23.5. The fraction of sp³-hybridized carbons (Fsp3) is 0.467. The van der Waals surface area contributed by atoms with Crippen LogP contribution in [0.2, 0.25) is 5.04 Å². The van der Waals surface area contributed by atoms with Crippen molar-refractivity contribution in [2.24, 2.45) is 0 Å². The van der Waals surface area contributed by atoms with Gasteiger partial charge in [-0.05, 0) is 41.1 Å². The van der Waals surface area contributed by atoms with Crippen molar-refractivity contribution in [1.29, 1.82) is 0 Å². The average Bonchev–Trinajstić information content (AvgIpc) is 2.90. The van der Waals surface area contributed by atoms with E-state index in [0.717, 1.165) is 32.1 Å².